The maximum atomic E-state index is 13.8. The molecule has 0 saturated heterocycles. The number of hydrogen-bond donors (Lipinski definition) is 0. The zero-order valence-electron chi connectivity index (χ0n) is 14.2. The fourth-order valence-electron chi connectivity index (χ4n) is 5.77. The van der Waals surface area contributed by atoms with Gasteiger partial charge in [-0.05, 0) is 104 Å². The molecule has 2 heteroatoms. The highest BCUT2D eigenvalue weighted by Gasteiger charge is 2.37. The summed E-state index contributed by atoms with van der Waals surface area (Å²) in [5.74, 6) is 4.33. The maximum absolute atomic E-state index is 13.8. The van der Waals surface area contributed by atoms with Crippen molar-refractivity contribution >= 4 is 11.6 Å². The zero-order chi connectivity index (χ0) is 16.0. The lowest BCUT2D eigenvalue weighted by atomic mass is 9.61. The first-order chi connectivity index (χ1) is 11.1. The summed E-state index contributed by atoms with van der Waals surface area (Å²) in [5.41, 5.74) is 2.51. The van der Waals surface area contributed by atoms with Crippen LogP contribution < -0.4 is 0 Å². The van der Waals surface area contributed by atoms with Gasteiger partial charge in [0, 0.05) is 0 Å². The number of rotatable bonds is 1. The van der Waals surface area contributed by atoms with Crippen molar-refractivity contribution in [3.8, 4) is 0 Å². The number of benzene rings is 1. The van der Waals surface area contributed by atoms with E-state index in [1.165, 1.54) is 56.1 Å². The minimum atomic E-state index is -0.240. The molecule has 0 amide bonds. The Labute approximate surface area is 144 Å². The molecule has 2 fully saturated rings. The molecule has 1 aromatic carbocycles. The Kier molecular flexibility index (Phi) is 4.43. The largest absolute Gasteiger partial charge is 0.205 e. The zero-order valence-corrected chi connectivity index (χ0v) is 14.9. The van der Waals surface area contributed by atoms with Crippen molar-refractivity contribution in [3.63, 3.8) is 0 Å². The van der Waals surface area contributed by atoms with E-state index in [4.69, 9.17) is 11.6 Å². The molecule has 5 unspecified atom stereocenters. The molecule has 126 valence electrons. The van der Waals surface area contributed by atoms with Gasteiger partial charge in [0.15, 0.2) is 0 Å². The Bertz CT molecular complexity index is 581. The van der Waals surface area contributed by atoms with Gasteiger partial charge in [0.05, 0.1) is 5.02 Å². The summed E-state index contributed by atoms with van der Waals surface area (Å²) in [6.45, 7) is 2.43. The van der Waals surface area contributed by atoms with Crippen LogP contribution in [0.25, 0.3) is 0 Å². The molecule has 5 atom stereocenters. The summed E-state index contributed by atoms with van der Waals surface area (Å²) in [6, 6.07) is 3.57. The van der Waals surface area contributed by atoms with Crippen LogP contribution >= 0.6 is 11.6 Å². The summed E-state index contributed by atoms with van der Waals surface area (Å²) < 4.78 is 13.8. The number of halogens is 2. The number of hydrogen-bond acceptors (Lipinski definition) is 0. The van der Waals surface area contributed by atoms with Crippen molar-refractivity contribution in [1.29, 1.82) is 0 Å². The third-order valence-corrected chi connectivity index (χ3v) is 7.38. The van der Waals surface area contributed by atoms with Crippen LogP contribution in [0, 0.1) is 35.4 Å². The van der Waals surface area contributed by atoms with Crippen LogP contribution in [0.2, 0.25) is 5.02 Å². The summed E-state index contributed by atoms with van der Waals surface area (Å²) >= 11 is 5.94. The predicted molar refractivity (Wildman–Crippen MR) is 94.3 cm³/mol. The van der Waals surface area contributed by atoms with E-state index in [0.717, 1.165) is 42.4 Å². The van der Waals surface area contributed by atoms with Crippen LogP contribution in [-0.4, -0.2) is 0 Å². The van der Waals surface area contributed by atoms with Crippen LogP contribution in [0.1, 0.15) is 63.0 Å². The highest BCUT2D eigenvalue weighted by Crippen LogP contribution is 2.48. The van der Waals surface area contributed by atoms with Gasteiger partial charge in [-0.1, -0.05) is 24.9 Å². The Morgan fingerprint density at radius 1 is 0.870 bits per heavy atom. The summed E-state index contributed by atoms with van der Waals surface area (Å²) in [4.78, 5) is 0. The lowest BCUT2D eigenvalue weighted by Gasteiger charge is -2.44. The molecule has 0 aliphatic heterocycles. The fourth-order valence-corrected chi connectivity index (χ4v) is 5.95. The highest BCUT2D eigenvalue weighted by atomic mass is 35.5. The van der Waals surface area contributed by atoms with Gasteiger partial charge in [-0.15, -0.1) is 0 Å². The molecule has 23 heavy (non-hydrogen) atoms. The molecule has 3 aliphatic carbocycles. The van der Waals surface area contributed by atoms with Gasteiger partial charge in [-0.2, -0.15) is 0 Å². The van der Waals surface area contributed by atoms with Crippen LogP contribution in [0.3, 0.4) is 0 Å². The van der Waals surface area contributed by atoms with Crippen LogP contribution in [0.15, 0.2) is 12.1 Å². The molecule has 1 aromatic rings. The van der Waals surface area contributed by atoms with Crippen molar-refractivity contribution in [1.82, 2.24) is 0 Å². The van der Waals surface area contributed by atoms with Gasteiger partial charge >= 0.3 is 0 Å². The Morgan fingerprint density at radius 3 is 2.39 bits per heavy atom. The summed E-state index contributed by atoms with van der Waals surface area (Å²) in [6.07, 6.45) is 12.1. The normalized spacial score (nSPS) is 37.1. The maximum Gasteiger partial charge on any atom is 0.142 e. The Morgan fingerprint density at radius 2 is 1.57 bits per heavy atom. The van der Waals surface area contributed by atoms with Gasteiger partial charge < -0.3 is 0 Å². The molecule has 0 spiro atoms. The van der Waals surface area contributed by atoms with Crippen molar-refractivity contribution in [3.05, 3.63) is 34.1 Å². The molecule has 0 radical (unpaired) electrons. The third kappa shape index (κ3) is 3.18. The molecule has 0 bridgehead atoms. The topological polar surface area (TPSA) is 0 Å². The second-order valence-electron chi connectivity index (χ2n) is 8.55. The Hall–Kier alpha value is -0.560. The first-order valence-electron chi connectivity index (χ1n) is 9.57. The van der Waals surface area contributed by atoms with E-state index in [-0.39, 0.29) is 5.82 Å². The van der Waals surface area contributed by atoms with E-state index >= 15 is 0 Å². The molecule has 0 heterocycles. The Balaban J connectivity index is 1.44. The standard InChI is InChI=1S/C21H28ClF/c1-13-2-3-15-9-16(5-4-14(15)8-13)17-6-7-18-11-20(22)21(23)12-19(18)10-17/h11-17H,2-10H2,1H3. The van der Waals surface area contributed by atoms with Crippen molar-refractivity contribution < 1.29 is 4.39 Å². The quantitative estimate of drug-likeness (QED) is 0.554. The monoisotopic (exact) mass is 334 g/mol. The predicted octanol–water partition coefficient (Wildman–Crippen LogP) is 6.44. The van der Waals surface area contributed by atoms with E-state index in [0.29, 0.717) is 5.02 Å². The van der Waals surface area contributed by atoms with Crippen molar-refractivity contribution in [2.24, 2.45) is 29.6 Å². The lowest BCUT2D eigenvalue weighted by Crippen LogP contribution is -2.34. The molecule has 0 nitrogen and oxygen atoms in total. The SMILES string of the molecule is CC1CCC2CC(C3CCc4cc(Cl)c(F)cc4C3)CCC2C1. The number of fused-ring (bicyclic) bond motifs is 2. The highest BCUT2D eigenvalue weighted by molar-refractivity contribution is 6.30. The molecule has 2 saturated carbocycles. The average molecular weight is 335 g/mol. The lowest BCUT2D eigenvalue weighted by molar-refractivity contribution is 0.0757. The van der Waals surface area contributed by atoms with Gasteiger partial charge in [0.2, 0.25) is 0 Å². The minimum absolute atomic E-state index is 0.240. The van der Waals surface area contributed by atoms with Crippen LogP contribution in [-0.2, 0) is 12.8 Å². The first-order valence-corrected chi connectivity index (χ1v) is 9.94. The molecule has 4 rings (SSSR count). The number of aryl methyl sites for hydroxylation is 1. The van der Waals surface area contributed by atoms with Gasteiger partial charge in [-0.3, -0.25) is 0 Å². The van der Waals surface area contributed by atoms with E-state index < -0.39 is 0 Å². The van der Waals surface area contributed by atoms with Crippen molar-refractivity contribution in [2.45, 2.75) is 64.7 Å². The summed E-state index contributed by atoms with van der Waals surface area (Å²) in [5, 5.41) is 0.291. The minimum Gasteiger partial charge on any atom is -0.205 e. The second kappa shape index (κ2) is 6.39. The molecular weight excluding hydrogens is 307 g/mol. The first kappa shape index (κ1) is 15.9. The van der Waals surface area contributed by atoms with E-state index in [1.807, 2.05) is 6.07 Å². The summed E-state index contributed by atoms with van der Waals surface area (Å²) in [7, 11) is 0. The molecular formula is C21H28ClF. The molecule has 0 aromatic heterocycles. The second-order valence-corrected chi connectivity index (χ2v) is 8.96. The smallest absolute Gasteiger partial charge is 0.142 e. The molecule has 3 aliphatic rings. The van der Waals surface area contributed by atoms with Gasteiger partial charge in [0.1, 0.15) is 5.82 Å². The van der Waals surface area contributed by atoms with Crippen molar-refractivity contribution in [2.75, 3.05) is 0 Å². The van der Waals surface area contributed by atoms with Gasteiger partial charge in [0.25, 0.3) is 0 Å². The van der Waals surface area contributed by atoms with Crippen LogP contribution in [0.5, 0.6) is 0 Å². The third-order valence-electron chi connectivity index (χ3n) is 7.09. The van der Waals surface area contributed by atoms with Crippen LogP contribution in [0.4, 0.5) is 4.39 Å². The van der Waals surface area contributed by atoms with E-state index in [2.05, 4.69) is 6.92 Å². The molecule has 0 N–H and O–H groups in total. The van der Waals surface area contributed by atoms with Gasteiger partial charge in [-0.25, -0.2) is 4.39 Å². The average Bonchev–Trinajstić information content (AvgIpc) is 2.55. The fraction of sp³-hybridized carbons (Fsp3) is 0.714. The van der Waals surface area contributed by atoms with E-state index in [9.17, 15) is 4.39 Å². The van der Waals surface area contributed by atoms with E-state index in [1.54, 1.807) is 6.07 Å².